The van der Waals surface area contributed by atoms with Crippen molar-refractivity contribution in [2.75, 3.05) is 19.3 Å². The lowest BCUT2D eigenvalue weighted by Gasteiger charge is -2.24. The van der Waals surface area contributed by atoms with Crippen LogP contribution in [0, 0.1) is 0 Å². The lowest BCUT2D eigenvalue weighted by Crippen LogP contribution is -2.33. The minimum Gasteiger partial charge on any atom is -0.370 e. The van der Waals surface area contributed by atoms with E-state index in [9.17, 15) is 0 Å². The molecule has 0 aromatic heterocycles. The average Bonchev–Trinajstić information content (AvgIpc) is 2.90. The Hall–Kier alpha value is 0.270. The van der Waals surface area contributed by atoms with Crippen LogP contribution in [0.3, 0.4) is 0 Å². The van der Waals surface area contributed by atoms with Gasteiger partial charge in [-0.3, -0.25) is 0 Å². The second-order valence-corrected chi connectivity index (χ2v) is 6.65. The van der Waals surface area contributed by atoms with E-state index in [-0.39, 0.29) is 0 Å². The van der Waals surface area contributed by atoms with Gasteiger partial charge in [-0.1, -0.05) is 19.8 Å². The summed E-state index contributed by atoms with van der Waals surface area (Å²) in [4.78, 5) is 0. The standard InChI is InChI=1S/C13H25NOS/c1-11(16-2)9-14-10-12-5-8-13(15-12)6-3-4-7-13/h11-12,14H,3-10H2,1-2H3. The first-order valence-corrected chi connectivity index (χ1v) is 7.94. The van der Waals surface area contributed by atoms with E-state index in [1.54, 1.807) is 0 Å². The van der Waals surface area contributed by atoms with Gasteiger partial charge in [-0.15, -0.1) is 0 Å². The van der Waals surface area contributed by atoms with Crippen LogP contribution in [0.1, 0.15) is 45.4 Å². The molecule has 2 nitrogen and oxygen atoms in total. The van der Waals surface area contributed by atoms with Gasteiger partial charge in [-0.2, -0.15) is 11.8 Å². The summed E-state index contributed by atoms with van der Waals surface area (Å²) >= 11 is 1.92. The molecule has 2 fully saturated rings. The quantitative estimate of drug-likeness (QED) is 0.802. The highest BCUT2D eigenvalue weighted by Crippen LogP contribution is 2.43. The first kappa shape index (κ1) is 12.7. The first-order valence-electron chi connectivity index (χ1n) is 6.65. The highest BCUT2D eigenvalue weighted by atomic mass is 32.2. The summed E-state index contributed by atoms with van der Waals surface area (Å²) in [6, 6.07) is 0. The average molecular weight is 243 g/mol. The Morgan fingerprint density at radius 2 is 2.12 bits per heavy atom. The molecule has 0 amide bonds. The Labute approximate surface area is 104 Å². The molecule has 2 unspecified atom stereocenters. The fraction of sp³-hybridized carbons (Fsp3) is 1.00. The minimum atomic E-state index is 0.303. The van der Waals surface area contributed by atoms with Crippen molar-refractivity contribution >= 4 is 11.8 Å². The Balaban J connectivity index is 1.65. The van der Waals surface area contributed by atoms with Gasteiger partial charge in [0.25, 0.3) is 0 Å². The smallest absolute Gasteiger partial charge is 0.0708 e. The van der Waals surface area contributed by atoms with E-state index in [2.05, 4.69) is 18.5 Å². The monoisotopic (exact) mass is 243 g/mol. The third-order valence-corrected chi connectivity index (χ3v) is 5.03. The van der Waals surface area contributed by atoms with E-state index >= 15 is 0 Å². The van der Waals surface area contributed by atoms with Crippen molar-refractivity contribution < 1.29 is 4.74 Å². The molecule has 1 heterocycles. The van der Waals surface area contributed by atoms with Crippen molar-refractivity contribution in [1.82, 2.24) is 5.32 Å². The van der Waals surface area contributed by atoms with E-state index in [0.717, 1.165) is 13.1 Å². The fourth-order valence-corrected chi connectivity index (χ4v) is 3.24. The van der Waals surface area contributed by atoms with E-state index in [4.69, 9.17) is 4.74 Å². The molecule has 0 aromatic rings. The zero-order chi connectivity index (χ0) is 11.4. The van der Waals surface area contributed by atoms with Crippen molar-refractivity contribution in [3.8, 4) is 0 Å². The Morgan fingerprint density at radius 1 is 1.38 bits per heavy atom. The molecule has 94 valence electrons. The van der Waals surface area contributed by atoms with Crippen LogP contribution in [-0.4, -0.2) is 36.3 Å². The van der Waals surface area contributed by atoms with Gasteiger partial charge < -0.3 is 10.1 Å². The van der Waals surface area contributed by atoms with Crippen molar-refractivity contribution in [2.24, 2.45) is 0 Å². The molecule has 2 aliphatic rings. The Bertz CT molecular complexity index is 216. The maximum Gasteiger partial charge on any atom is 0.0708 e. The number of hydrogen-bond acceptors (Lipinski definition) is 3. The van der Waals surface area contributed by atoms with Crippen LogP contribution in [-0.2, 0) is 4.74 Å². The molecule has 2 rings (SSSR count). The van der Waals surface area contributed by atoms with Gasteiger partial charge in [-0.05, 0) is 31.9 Å². The number of hydrogen-bond donors (Lipinski definition) is 1. The fourth-order valence-electron chi connectivity index (χ4n) is 2.96. The van der Waals surface area contributed by atoms with Gasteiger partial charge in [-0.25, -0.2) is 0 Å². The van der Waals surface area contributed by atoms with Crippen molar-refractivity contribution in [1.29, 1.82) is 0 Å². The molecule has 0 radical (unpaired) electrons. The van der Waals surface area contributed by atoms with Gasteiger partial charge in [0.1, 0.15) is 0 Å². The molecule has 1 spiro atoms. The van der Waals surface area contributed by atoms with E-state index in [1.165, 1.54) is 38.5 Å². The summed E-state index contributed by atoms with van der Waals surface area (Å²) in [5.74, 6) is 0. The van der Waals surface area contributed by atoms with E-state index in [1.807, 2.05) is 11.8 Å². The topological polar surface area (TPSA) is 21.3 Å². The predicted octanol–water partition coefficient (Wildman–Crippen LogP) is 2.82. The molecule has 16 heavy (non-hydrogen) atoms. The van der Waals surface area contributed by atoms with E-state index in [0.29, 0.717) is 17.0 Å². The van der Waals surface area contributed by atoms with Crippen LogP contribution in [0.5, 0.6) is 0 Å². The molecule has 1 aliphatic heterocycles. The Morgan fingerprint density at radius 3 is 2.81 bits per heavy atom. The molecule has 1 saturated heterocycles. The highest BCUT2D eigenvalue weighted by molar-refractivity contribution is 7.99. The largest absolute Gasteiger partial charge is 0.370 e. The van der Waals surface area contributed by atoms with Crippen LogP contribution in [0.25, 0.3) is 0 Å². The molecule has 0 bridgehead atoms. The van der Waals surface area contributed by atoms with Crippen molar-refractivity contribution in [3.63, 3.8) is 0 Å². The molecule has 1 saturated carbocycles. The highest BCUT2D eigenvalue weighted by Gasteiger charge is 2.41. The van der Waals surface area contributed by atoms with E-state index < -0.39 is 0 Å². The molecule has 2 atom stereocenters. The van der Waals surface area contributed by atoms with Crippen LogP contribution in [0.4, 0.5) is 0 Å². The second kappa shape index (κ2) is 5.74. The molecular weight excluding hydrogens is 218 g/mol. The molecule has 3 heteroatoms. The van der Waals surface area contributed by atoms with Crippen LogP contribution < -0.4 is 5.32 Å². The maximum atomic E-state index is 6.26. The van der Waals surface area contributed by atoms with Crippen LogP contribution in [0.2, 0.25) is 0 Å². The summed E-state index contributed by atoms with van der Waals surface area (Å²) in [5, 5.41) is 4.25. The normalized spacial score (nSPS) is 30.0. The summed E-state index contributed by atoms with van der Waals surface area (Å²) in [6.07, 6.45) is 10.6. The molecule has 0 aromatic carbocycles. The van der Waals surface area contributed by atoms with Crippen LogP contribution >= 0.6 is 11.8 Å². The van der Waals surface area contributed by atoms with Crippen LogP contribution in [0.15, 0.2) is 0 Å². The zero-order valence-corrected chi connectivity index (χ0v) is 11.4. The SMILES string of the molecule is CSC(C)CNCC1CCC2(CCCC2)O1. The lowest BCUT2D eigenvalue weighted by atomic mass is 9.98. The third-order valence-electron chi connectivity index (χ3n) is 4.06. The predicted molar refractivity (Wildman–Crippen MR) is 71.2 cm³/mol. The summed E-state index contributed by atoms with van der Waals surface area (Å²) < 4.78 is 6.26. The molecular formula is C13H25NOS. The Kier molecular flexibility index (Phi) is 4.57. The lowest BCUT2D eigenvalue weighted by molar-refractivity contribution is -0.0349. The molecule has 1 N–H and O–H groups in total. The number of nitrogens with one attached hydrogen (secondary N) is 1. The maximum absolute atomic E-state index is 6.26. The van der Waals surface area contributed by atoms with Gasteiger partial charge >= 0.3 is 0 Å². The summed E-state index contributed by atoms with van der Waals surface area (Å²) in [7, 11) is 0. The molecule has 1 aliphatic carbocycles. The minimum absolute atomic E-state index is 0.303. The van der Waals surface area contributed by atoms with Gasteiger partial charge in [0.05, 0.1) is 11.7 Å². The third kappa shape index (κ3) is 3.14. The van der Waals surface area contributed by atoms with Gasteiger partial charge in [0.15, 0.2) is 0 Å². The number of rotatable bonds is 5. The van der Waals surface area contributed by atoms with Crippen molar-refractivity contribution in [3.05, 3.63) is 0 Å². The van der Waals surface area contributed by atoms with Gasteiger partial charge in [0, 0.05) is 18.3 Å². The zero-order valence-electron chi connectivity index (χ0n) is 10.6. The summed E-state index contributed by atoms with van der Waals surface area (Å²) in [5.41, 5.74) is 0.303. The second-order valence-electron chi connectivity index (χ2n) is 5.37. The summed E-state index contributed by atoms with van der Waals surface area (Å²) in [6.45, 7) is 4.42. The van der Waals surface area contributed by atoms with Crippen molar-refractivity contribution in [2.45, 2.75) is 62.4 Å². The first-order chi connectivity index (χ1) is 7.74. The number of thioether (sulfide) groups is 1. The number of ether oxygens (including phenoxy) is 1. The van der Waals surface area contributed by atoms with Gasteiger partial charge in [0.2, 0.25) is 0 Å².